The van der Waals surface area contributed by atoms with Gasteiger partial charge in [0.05, 0.1) is 16.6 Å². The van der Waals surface area contributed by atoms with E-state index in [9.17, 15) is 9.00 Å². The minimum Gasteiger partial charge on any atom is -0.480 e. The van der Waals surface area contributed by atoms with E-state index in [-0.39, 0.29) is 5.75 Å². The number of hydrogen-bond donors (Lipinski definition) is 2. The molecule has 0 aromatic heterocycles. The Balaban J connectivity index is 2.85. The van der Waals surface area contributed by atoms with Crippen molar-refractivity contribution in [2.24, 2.45) is 5.73 Å². The van der Waals surface area contributed by atoms with Gasteiger partial charge in [-0.25, -0.2) is 0 Å². The van der Waals surface area contributed by atoms with Crippen LogP contribution in [-0.4, -0.2) is 27.1 Å². The first kappa shape index (κ1) is 12.9. The maximum Gasteiger partial charge on any atom is 0.321 e. The van der Waals surface area contributed by atoms with Crippen LogP contribution in [0.25, 0.3) is 0 Å². The zero-order valence-corrected chi connectivity index (χ0v) is 10.1. The van der Waals surface area contributed by atoms with Gasteiger partial charge in [0.2, 0.25) is 0 Å². The lowest BCUT2D eigenvalue weighted by atomic mass is 10.2. The Labute approximate surface area is 96.9 Å². The van der Waals surface area contributed by atoms with E-state index in [1.165, 1.54) is 0 Å². The topological polar surface area (TPSA) is 80.4 Å². The number of carboxylic acids is 1. The third-order valence-electron chi connectivity index (χ3n) is 2.22. The molecule has 0 amide bonds. The maximum atomic E-state index is 11.9. The largest absolute Gasteiger partial charge is 0.480 e. The molecular formula is C11H15NO3S. The van der Waals surface area contributed by atoms with Gasteiger partial charge in [0.15, 0.2) is 0 Å². The van der Waals surface area contributed by atoms with Crippen molar-refractivity contribution in [1.82, 2.24) is 0 Å². The van der Waals surface area contributed by atoms with Crippen molar-refractivity contribution < 1.29 is 14.1 Å². The fourth-order valence-electron chi connectivity index (χ4n) is 1.38. The highest BCUT2D eigenvalue weighted by atomic mass is 32.2. The minimum absolute atomic E-state index is 0.0563. The normalized spacial score (nSPS) is 14.4. The number of carboxylic acid groups (broad SMARTS) is 1. The Bertz CT molecular complexity index is 431. The lowest BCUT2D eigenvalue weighted by Gasteiger charge is -2.09. The Morgan fingerprint density at radius 2 is 2.12 bits per heavy atom. The highest BCUT2D eigenvalue weighted by molar-refractivity contribution is 7.85. The van der Waals surface area contributed by atoms with Crippen LogP contribution in [0.15, 0.2) is 23.1 Å². The van der Waals surface area contributed by atoms with Crippen molar-refractivity contribution in [3.05, 3.63) is 29.3 Å². The molecule has 2 atom stereocenters. The molecule has 0 saturated heterocycles. The maximum absolute atomic E-state index is 11.9. The summed E-state index contributed by atoms with van der Waals surface area (Å²) in [5, 5.41) is 8.63. The van der Waals surface area contributed by atoms with E-state index in [1.54, 1.807) is 6.07 Å². The van der Waals surface area contributed by atoms with Gasteiger partial charge < -0.3 is 10.8 Å². The molecule has 16 heavy (non-hydrogen) atoms. The zero-order valence-electron chi connectivity index (χ0n) is 9.27. The molecule has 1 aromatic carbocycles. The summed E-state index contributed by atoms with van der Waals surface area (Å²) in [6, 6.07) is 4.45. The molecule has 2 unspecified atom stereocenters. The quantitative estimate of drug-likeness (QED) is 0.818. The van der Waals surface area contributed by atoms with Gasteiger partial charge in [-0.1, -0.05) is 17.7 Å². The first-order valence-electron chi connectivity index (χ1n) is 4.86. The highest BCUT2D eigenvalue weighted by Gasteiger charge is 2.17. The second-order valence-electron chi connectivity index (χ2n) is 3.73. The Hall–Kier alpha value is -1.20. The lowest BCUT2D eigenvalue weighted by molar-refractivity contribution is -0.137. The van der Waals surface area contributed by atoms with E-state index in [2.05, 4.69) is 0 Å². The summed E-state index contributed by atoms with van der Waals surface area (Å²) >= 11 is 0. The summed E-state index contributed by atoms with van der Waals surface area (Å²) in [6.45, 7) is 3.80. The van der Waals surface area contributed by atoms with Gasteiger partial charge >= 0.3 is 5.97 Å². The molecular weight excluding hydrogens is 226 g/mol. The van der Waals surface area contributed by atoms with Gasteiger partial charge in [-0.3, -0.25) is 9.00 Å². The summed E-state index contributed by atoms with van der Waals surface area (Å²) in [5.74, 6) is -1.18. The molecule has 3 N–H and O–H groups in total. The first-order valence-corrected chi connectivity index (χ1v) is 6.17. The van der Waals surface area contributed by atoms with Crippen molar-refractivity contribution in [2.75, 3.05) is 5.75 Å². The summed E-state index contributed by atoms with van der Waals surface area (Å²) in [5.41, 5.74) is 7.33. The molecule has 1 aromatic rings. The molecule has 5 heteroatoms. The van der Waals surface area contributed by atoms with Crippen LogP contribution in [0.2, 0.25) is 0 Å². The van der Waals surface area contributed by atoms with E-state index in [0.717, 1.165) is 11.1 Å². The van der Waals surface area contributed by atoms with Crippen LogP contribution in [-0.2, 0) is 15.6 Å². The third kappa shape index (κ3) is 3.15. The minimum atomic E-state index is -1.36. The van der Waals surface area contributed by atoms with Crippen LogP contribution in [0.4, 0.5) is 0 Å². The molecule has 4 nitrogen and oxygen atoms in total. The molecule has 0 saturated carbocycles. The van der Waals surface area contributed by atoms with Crippen molar-refractivity contribution in [2.45, 2.75) is 24.8 Å². The molecule has 0 aliphatic rings. The number of aryl methyl sites for hydroxylation is 2. The second-order valence-corrected chi connectivity index (χ2v) is 5.19. The van der Waals surface area contributed by atoms with Gasteiger partial charge in [0.25, 0.3) is 0 Å². The van der Waals surface area contributed by atoms with Crippen LogP contribution in [0.3, 0.4) is 0 Å². The first-order chi connectivity index (χ1) is 7.41. The number of carbonyl (C=O) groups is 1. The monoisotopic (exact) mass is 241 g/mol. The van der Waals surface area contributed by atoms with Gasteiger partial charge in [-0.15, -0.1) is 0 Å². The Kier molecular flexibility index (Phi) is 4.20. The number of benzene rings is 1. The van der Waals surface area contributed by atoms with Crippen LogP contribution in [0.1, 0.15) is 11.1 Å². The van der Waals surface area contributed by atoms with E-state index in [0.29, 0.717) is 4.90 Å². The fraction of sp³-hybridized carbons (Fsp3) is 0.364. The molecule has 0 spiro atoms. The average Bonchev–Trinajstić information content (AvgIpc) is 2.16. The molecule has 0 bridgehead atoms. The fourth-order valence-corrected chi connectivity index (χ4v) is 2.67. The molecule has 0 heterocycles. The van der Waals surface area contributed by atoms with Crippen molar-refractivity contribution in [3.8, 4) is 0 Å². The predicted molar refractivity (Wildman–Crippen MR) is 62.8 cm³/mol. The zero-order chi connectivity index (χ0) is 12.3. The number of rotatable bonds is 4. The van der Waals surface area contributed by atoms with Gasteiger partial charge in [-0.2, -0.15) is 0 Å². The summed E-state index contributed by atoms with van der Waals surface area (Å²) in [4.78, 5) is 11.2. The number of hydrogen-bond acceptors (Lipinski definition) is 3. The summed E-state index contributed by atoms with van der Waals surface area (Å²) in [7, 11) is -1.36. The van der Waals surface area contributed by atoms with Crippen LogP contribution in [0, 0.1) is 13.8 Å². The molecule has 88 valence electrons. The Morgan fingerprint density at radius 3 is 2.62 bits per heavy atom. The smallest absolute Gasteiger partial charge is 0.321 e. The Morgan fingerprint density at radius 1 is 1.50 bits per heavy atom. The number of aliphatic carboxylic acids is 1. The van der Waals surface area contributed by atoms with Gasteiger partial charge in [0.1, 0.15) is 6.04 Å². The number of nitrogens with two attached hydrogens (primary N) is 1. The predicted octanol–water partition coefficient (Wildman–Crippen LogP) is 0.823. The standard InChI is InChI=1S/C11H15NO3S/c1-7-3-4-10(8(2)5-7)16(15)6-9(12)11(13)14/h3-5,9H,6,12H2,1-2H3,(H,13,14). The van der Waals surface area contributed by atoms with Gasteiger partial charge in [-0.05, 0) is 25.5 Å². The van der Waals surface area contributed by atoms with Gasteiger partial charge in [0, 0.05) is 4.90 Å². The van der Waals surface area contributed by atoms with Crippen LogP contribution >= 0.6 is 0 Å². The highest BCUT2D eigenvalue weighted by Crippen LogP contribution is 2.15. The van der Waals surface area contributed by atoms with Crippen molar-refractivity contribution >= 4 is 16.8 Å². The van der Waals surface area contributed by atoms with E-state index in [4.69, 9.17) is 10.8 Å². The molecule has 1 rings (SSSR count). The van der Waals surface area contributed by atoms with Crippen LogP contribution < -0.4 is 5.73 Å². The summed E-state index contributed by atoms with van der Waals surface area (Å²) in [6.07, 6.45) is 0. The molecule has 0 aliphatic carbocycles. The van der Waals surface area contributed by atoms with E-state index < -0.39 is 22.8 Å². The molecule has 0 radical (unpaired) electrons. The van der Waals surface area contributed by atoms with E-state index in [1.807, 2.05) is 26.0 Å². The molecule has 0 fully saturated rings. The third-order valence-corrected chi connectivity index (χ3v) is 3.83. The van der Waals surface area contributed by atoms with Crippen molar-refractivity contribution in [1.29, 1.82) is 0 Å². The average molecular weight is 241 g/mol. The van der Waals surface area contributed by atoms with Crippen molar-refractivity contribution in [3.63, 3.8) is 0 Å². The lowest BCUT2D eigenvalue weighted by Crippen LogP contribution is -2.35. The molecule has 0 aliphatic heterocycles. The second kappa shape index (κ2) is 5.23. The summed E-state index contributed by atoms with van der Waals surface area (Å²) < 4.78 is 11.9. The SMILES string of the molecule is Cc1ccc(S(=O)CC(N)C(=O)O)c(C)c1. The van der Waals surface area contributed by atoms with E-state index >= 15 is 0 Å². The van der Waals surface area contributed by atoms with Crippen LogP contribution in [0.5, 0.6) is 0 Å².